The van der Waals surface area contributed by atoms with Gasteiger partial charge in [-0.1, -0.05) is 72.8 Å². The molecule has 0 bridgehead atoms. The van der Waals surface area contributed by atoms with Crippen molar-refractivity contribution in [2.24, 2.45) is 0 Å². The Morgan fingerprint density at radius 1 is 0.676 bits per heavy atom. The van der Waals surface area contributed by atoms with Gasteiger partial charge in [0.15, 0.2) is 0 Å². The smallest absolute Gasteiger partial charge is 0.258 e. The van der Waals surface area contributed by atoms with Gasteiger partial charge in [0.25, 0.3) is 5.91 Å². The third kappa shape index (κ3) is 4.89. The molecule has 1 N–H and O–H groups in total. The fourth-order valence-corrected chi connectivity index (χ4v) is 4.08. The number of anilines is 1. The van der Waals surface area contributed by atoms with Gasteiger partial charge in [-0.05, 0) is 47.5 Å². The van der Waals surface area contributed by atoms with Gasteiger partial charge in [-0.15, -0.1) is 0 Å². The van der Waals surface area contributed by atoms with Crippen LogP contribution in [0.15, 0.2) is 109 Å². The molecule has 0 fully saturated rings. The maximum Gasteiger partial charge on any atom is 0.258 e. The second-order valence-electron chi connectivity index (χ2n) is 8.09. The van der Waals surface area contributed by atoms with Gasteiger partial charge >= 0.3 is 0 Å². The molecule has 4 aromatic rings. The van der Waals surface area contributed by atoms with Crippen molar-refractivity contribution >= 4 is 11.6 Å². The highest BCUT2D eigenvalue weighted by molar-refractivity contribution is 6.01. The van der Waals surface area contributed by atoms with E-state index < -0.39 is 0 Å². The minimum atomic E-state index is -0.280. The summed E-state index contributed by atoms with van der Waals surface area (Å²) in [6, 6.07) is 35.3. The molecule has 1 amide bonds. The highest BCUT2D eigenvalue weighted by Gasteiger charge is 2.32. The van der Waals surface area contributed by atoms with Crippen LogP contribution in [0.4, 0.5) is 5.69 Å². The standard InChI is InChI=1S/C29H26N2O3/c32-29-26-13-7-8-14-27(26)30-28(31(29)21-22-9-3-1-4-10-22)23-15-17-25(18-16-23)34-20-19-33-24-11-5-2-6-12-24/h1-18,28,30H,19-21H2. The van der Waals surface area contributed by atoms with E-state index in [0.717, 1.165) is 28.3 Å². The van der Waals surface area contributed by atoms with Crippen LogP contribution in [0.2, 0.25) is 0 Å². The predicted octanol–water partition coefficient (Wildman–Crippen LogP) is 5.91. The van der Waals surface area contributed by atoms with Crippen LogP contribution in [-0.2, 0) is 6.54 Å². The zero-order valence-corrected chi connectivity index (χ0v) is 18.8. The number of benzene rings is 4. The van der Waals surface area contributed by atoms with E-state index in [2.05, 4.69) is 5.32 Å². The Hall–Kier alpha value is -4.25. The van der Waals surface area contributed by atoms with Gasteiger partial charge in [0, 0.05) is 12.2 Å². The fraction of sp³-hybridized carbons (Fsp3) is 0.138. The summed E-state index contributed by atoms with van der Waals surface area (Å²) in [4.78, 5) is 15.3. The summed E-state index contributed by atoms with van der Waals surface area (Å²) in [7, 11) is 0. The molecule has 5 nitrogen and oxygen atoms in total. The van der Waals surface area contributed by atoms with Crippen LogP contribution < -0.4 is 14.8 Å². The lowest BCUT2D eigenvalue weighted by Crippen LogP contribution is -2.42. The van der Waals surface area contributed by atoms with Gasteiger partial charge < -0.3 is 19.7 Å². The molecule has 5 rings (SSSR count). The van der Waals surface area contributed by atoms with Crippen molar-refractivity contribution < 1.29 is 14.3 Å². The number of fused-ring (bicyclic) bond motifs is 1. The minimum Gasteiger partial charge on any atom is -0.490 e. The average molecular weight is 451 g/mol. The molecule has 5 heteroatoms. The molecular formula is C29H26N2O3. The lowest BCUT2D eigenvalue weighted by atomic mass is 10.0. The number of rotatable bonds is 8. The molecule has 34 heavy (non-hydrogen) atoms. The highest BCUT2D eigenvalue weighted by Crippen LogP contribution is 2.34. The number of hydrogen-bond acceptors (Lipinski definition) is 4. The molecule has 0 saturated heterocycles. The normalized spacial score (nSPS) is 14.8. The number of nitrogens with zero attached hydrogens (tertiary/aromatic N) is 1. The third-order valence-corrected chi connectivity index (χ3v) is 5.78. The first-order valence-corrected chi connectivity index (χ1v) is 11.4. The van der Waals surface area contributed by atoms with E-state index in [4.69, 9.17) is 9.47 Å². The molecule has 0 aromatic heterocycles. The quantitative estimate of drug-likeness (QED) is 0.339. The summed E-state index contributed by atoms with van der Waals surface area (Å²) in [6.45, 7) is 1.43. The molecule has 4 aromatic carbocycles. The second kappa shape index (κ2) is 10.1. The van der Waals surface area contributed by atoms with E-state index in [9.17, 15) is 4.79 Å². The van der Waals surface area contributed by atoms with Crippen LogP contribution in [0.5, 0.6) is 11.5 Å². The average Bonchev–Trinajstić information content (AvgIpc) is 2.90. The van der Waals surface area contributed by atoms with Crippen LogP contribution in [0, 0.1) is 0 Å². The van der Waals surface area contributed by atoms with E-state index in [1.807, 2.05) is 114 Å². The van der Waals surface area contributed by atoms with Gasteiger partial charge in [-0.2, -0.15) is 0 Å². The molecule has 0 saturated carbocycles. The maximum atomic E-state index is 13.4. The van der Waals surface area contributed by atoms with Crippen LogP contribution in [-0.4, -0.2) is 24.0 Å². The van der Waals surface area contributed by atoms with Gasteiger partial charge in [0.2, 0.25) is 0 Å². The van der Waals surface area contributed by atoms with E-state index >= 15 is 0 Å². The number of carbonyl (C=O) groups is 1. The Balaban J connectivity index is 1.29. The predicted molar refractivity (Wildman–Crippen MR) is 133 cm³/mol. The Morgan fingerprint density at radius 2 is 1.26 bits per heavy atom. The van der Waals surface area contributed by atoms with E-state index in [1.54, 1.807) is 0 Å². The van der Waals surface area contributed by atoms with Crippen molar-refractivity contribution in [2.45, 2.75) is 12.7 Å². The summed E-state index contributed by atoms with van der Waals surface area (Å²) in [5.41, 5.74) is 3.61. The zero-order valence-electron chi connectivity index (χ0n) is 18.8. The van der Waals surface area contributed by atoms with Crippen molar-refractivity contribution in [3.63, 3.8) is 0 Å². The topological polar surface area (TPSA) is 50.8 Å². The lowest BCUT2D eigenvalue weighted by molar-refractivity contribution is 0.0666. The molecular weight excluding hydrogens is 424 g/mol. The molecule has 170 valence electrons. The van der Waals surface area contributed by atoms with E-state index in [-0.39, 0.29) is 12.1 Å². The number of carbonyl (C=O) groups excluding carboxylic acids is 1. The summed E-state index contributed by atoms with van der Waals surface area (Å²) in [6.07, 6.45) is -0.280. The Kier molecular flexibility index (Phi) is 6.43. The Bertz CT molecular complexity index is 1230. The molecule has 1 aliphatic heterocycles. The Morgan fingerprint density at radius 3 is 1.97 bits per heavy atom. The molecule has 0 aliphatic carbocycles. The van der Waals surface area contributed by atoms with Crippen LogP contribution in [0.25, 0.3) is 0 Å². The van der Waals surface area contributed by atoms with Crippen LogP contribution in [0.1, 0.15) is 27.7 Å². The van der Waals surface area contributed by atoms with Crippen LogP contribution in [0.3, 0.4) is 0 Å². The molecule has 1 atom stereocenters. The summed E-state index contributed by atoms with van der Waals surface area (Å²) in [5, 5.41) is 3.55. The molecule has 1 heterocycles. The first kappa shape index (κ1) is 21.6. The third-order valence-electron chi connectivity index (χ3n) is 5.78. The van der Waals surface area contributed by atoms with Crippen molar-refractivity contribution in [3.8, 4) is 11.5 Å². The number of para-hydroxylation sites is 2. The summed E-state index contributed by atoms with van der Waals surface area (Å²) < 4.78 is 11.5. The van der Waals surface area contributed by atoms with Crippen molar-refractivity contribution in [2.75, 3.05) is 18.5 Å². The first-order chi connectivity index (χ1) is 16.8. The second-order valence-corrected chi connectivity index (χ2v) is 8.09. The lowest BCUT2D eigenvalue weighted by Gasteiger charge is -2.38. The molecule has 1 unspecified atom stereocenters. The number of hydrogen-bond donors (Lipinski definition) is 1. The van der Waals surface area contributed by atoms with Crippen molar-refractivity contribution in [1.29, 1.82) is 0 Å². The summed E-state index contributed by atoms with van der Waals surface area (Å²) in [5.74, 6) is 1.60. The van der Waals surface area contributed by atoms with Crippen molar-refractivity contribution in [3.05, 3.63) is 126 Å². The van der Waals surface area contributed by atoms with Gasteiger partial charge in [-0.25, -0.2) is 0 Å². The number of ether oxygens (including phenoxy) is 2. The number of amides is 1. The van der Waals surface area contributed by atoms with Gasteiger partial charge in [0.05, 0.1) is 5.56 Å². The Labute approximate surface area is 199 Å². The SMILES string of the molecule is O=C1c2ccccc2NC(c2ccc(OCCOc3ccccc3)cc2)N1Cc1ccccc1. The van der Waals surface area contributed by atoms with Crippen molar-refractivity contribution in [1.82, 2.24) is 4.90 Å². The van der Waals surface area contributed by atoms with Gasteiger partial charge in [-0.3, -0.25) is 4.79 Å². The summed E-state index contributed by atoms with van der Waals surface area (Å²) >= 11 is 0. The van der Waals surface area contributed by atoms with Gasteiger partial charge in [0.1, 0.15) is 30.9 Å². The maximum absolute atomic E-state index is 13.4. The molecule has 0 spiro atoms. The van der Waals surface area contributed by atoms with E-state index in [1.165, 1.54) is 0 Å². The molecule has 1 aliphatic rings. The molecule has 0 radical (unpaired) electrons. The monoisotopic (exact) mass is 450 g/mol. The minimum absolute atomic E-state index is 0.0154. The van der Waals surface area contributed by atoms with E-state index in [0.29, 0.717) is 25.3 Å². The first-order valence-electron chi connectivity index (χ1n) is 11.4. The largest absolute Gasteiger partial charge is 0.490 e. The zero-order chi connectivity index (χ0) is 23.2. The fourth-order valence-electron chi connectivity index (χ4n) is 4.08. The highest BCUT2D eigenvalue weighted by atomic mass is 16.5. The van der Waals surface area contributed by atoms with Crippen LogP contribution >= 0.6 is 0 Å². The number of nitrogens with one attached hydrogen (secondary N) is 1.